The Morgan fingerprint density at radius 3 is 2.40 bits per heavy atom. The van der Waals surface area contributed by atoms with Gasteiger partial charge in [0.2, 0.25) is 0 Å². The maximum atomic E-state index is 10.8. The summed E-state index contributed by atoms with van der Waals surface area (Å²) in [5.41, 5.74) is 5.05. The molecular weight excluding hydrogens is 252 g/mol. The van der Waals surface area contributed by atoms with E-state index in [2.05, 4.69) is 36.7 Å². The third-order valence-electron chi connectivity index (χ3n) is 3.61. The molecule has 1 aromatic heterocycles. The number of hydrogen-bond donors (Lipinski definition) is 2. The van der Waals surface area contributed by atoms with Gasteiger partial charge in [-0.05, 0) is 56.7 Å². The smallest absolute Gasteiger partial charge is 0.335 e. The van der Waals surface area contributed by atoms with Gasteiger partial charge >= 0.3 is 5.97 Å². The van der Waals surface area contributed by atoms with Crippen molar-refractivity contribution < 1.29 is 9.90 Å². The summed E-state index contributed by atoms with van der Waals surface area (Å²) in [4.78, 5) is 10.8. The average molecular weight is 272 g/mol. The molecule has 0 atom stereocenters. The lowest BCUT2D eigenvalue weighted by atomic mass is 10.2. The van der Waals surface area contributed by atoms with Gasteiger partial charge in [-0.1, -0.05) is 0 Å². The van der Waals surface area contributed by atoms with Crippen molar-refractivity contribution in [1.82, 2.24) is 4.57 Å². The van der Waals surface area contributed by atoms with E-state index in [0.29, 0.717) is 5.56 Å². The number of hydrogen-bond acceptors (Lipinski definition) is 2. The zero-order valence-electron chi connectivity index (χ0n) is 12.1. The fourth-order valence-corrected chi connectivity index (χ4v) is 2.47. The van der Waals surface area contributed by atoms with E-state index in [1.54, 1.807) is 24.3 Å². The van der Waals surface area contributed by atoms with Crippen molar-refractivity contribution in [2.24, 2.45) is 0 Å². The van der Waals surface area contributed by atoms with E-state index < -0.39 is 5.97 Å². The Labute approximate surface area is 119 Å². The average Bonchev–Trinajstić information content (AvgIpc) is 2.71. The summed E-state index contributed by atoms with van der Waals surface area (Å²) < 4.78 is 2.28. The number of anilines is 1. The standard InChI is InChI=1S/C16H20N2O2/c1-4-18-11(2)9-14(12(18)3)10-17-15-7-5-13(6-8-15)16(19)20/h5-9,17H,4,10H2,1-3H3,(H,19,20). The number of carboxylic acid groups (broad SMARTS) is 1. The third kappa shape index (κ3) is 2.85. The number of rotatable bonds is 5. The van der Waals surface area contributed by atoms with Crippen molar-refractivity contribution in [1.29, 1.82) is 0 Å². The fraction of sp³-hybridized carbons (Fsp3) is 0.312. The molecule has 2 rings (SSSR count). The molecule has 2 aromatic rings. The summed E-state index contributed by atoms with van der Waals surface area (Å²) in [7, 11) is 0. The van der Waals surface area contributed by atoms with Crippen LogP contribution in [0.15, 0.2) is 30.3 Å². The van der Waals surface area contributed by atoms with Crippen LogP contribution < -0.4 is 5.32 Å². The molecule has 2 N–H and O–H groups in total. The molecule has 0 spiro atoms. The van der Waals surface area contributed by atoms with Crippen LogP contribution in [0.25, 0.3) is 0 Å². The van der Waals surface area contributed by atoms with Gasteiger partial charge in [-0.15, -0.1) is 0 Å². The highest BCUT2D eigenvalue weighted by molar-refractivity contribution is 5.87. The lowest BCUT2D eigenvalue weighted by Gasteiger charge is -2.08. The van der Waals surface area contributed by atoms with Gasteiger partial charge in [-0.2, -0.15) is 0 Å². The molecule has 0 saturated heterocycles. The molecule has 0 saturated carbocycles. The molecule has 106 valence electrons. The number of nitrogens with one attached hydrogen (secondary N) is 1. The maximum absolute atomic E-state index is 10.8. The van der Waals surface area contributed by atoms with Crippen LogP contribution in [0, 0.1) is 13.8 Å². The summed E-state index contributed by atoms with van der Waals surface area (Å²) in [5, 5.41) is 12.2. The SMILES string of the molecule is CCn1c(C)cc(CNc2ccc(C(=O)O)cc2)c1C. The normalized spacial score (nSPS) is 10.6. The number of aryl methyl sites for hydroxylation is 1. The van der Waals surface area contributed by atoms with E-state index in [1.165, 1.54) is 17.0 Å². The molecule has 0 unspecified atom stereocenters. The van der Waals surface area contributed by atoms with Gasteiger partial charge in [0.1, 0.15) is 0 Å². The van der Waals surface area contributed by atoms with Crippen molar-refractivity contribution in [2.45, 2.75) is 33.9 Å². The summed E-state index contributed by atoms with van der Waals surface area (Å²) in [5.74, 6) is -0.900. The van der Waals surface area contributed by atoms with Gasteiger partial charge in [0, 0.05) is 30.2 Å². The molecule has 20 heavy (non-hydrogen) atoms. The highest BCUT2D eigenvalue weighted by Gasteiger charge is 2.07. The van der Waals surface area contributed by atoms with E-state index in [0.717, 1.165) is 18.8 Å². The molecule has 4 nitrogen and oxygen atoms in total. The number of benzene rings is 1. The molecular formula is C16H20N2O2. The van der Waals surface area contributed by atoms with Crippen molar-refractivity contribution in [2.75, 3.05) is 5.32 Å². The predicted molar refractivity (Wildman–Crippen MR) is 80.3 cm³/mol. The zero-order valence-corrected chi connectivity index (χ0v) is 12.1. The van der Waals surface area contributed by atoms with E-state index in [1.807, 2.05) is 0 Å². The molecule has 0 aliphatic heterocycles. The van der Waals surface area contributed by atoms with Crippen LogP contribution >= 0.6 is 0 Å². The Morgan fingerprint density at radius 1 is 1.25 bits per heavy atom. The van der Waals surface area contributed by atoms with Crippen molar-refractivity contribution in [3.63, 3.8) is 0 Å². The minimum Gasteiger partial charge on any atom is -0.478 e. The van der Waals surface area contributed by atoms with Crippen LogP contribution in [-0.2, 0) is 13.1 Å². The topological polar surface area (TPSA) is 54.3 Å². The number of aromatic nitrogens is 1. The molecule has 0 amide bonds. The lowest BCUT2D eigenvalue weighted by molar-refractivity contribution is 0.0697. The molecule has 0 radical (unpaired) electrons. The van der Waals surface area contributed by atoms with Crippen molar-refractivity contribution in [3.8, 4) is 0 Å². The first-order valence-corrected chi connectivity index (χ1v) is 6.75. The second-order valence-corrected chi connectivity index (χ2v) is 4.88. The maximum Gasteiger partial charge on any atom is 0.335 e. The Morgan fingerprint density at radius 2 is 1.90 bits per heavy atom. The highest BCUT2D eigenvalue weighted by atomic mass is 16.4. The summed E-state index contributed by atoms with van der Waals surface area (Å²) in [6.45, 7) is 8.10. The Bertz CT molecular complexity index is 612. The summed E-state index contributed by atoms with van der Waals surface area (Å²) >= 11 is 0. The monoisotopic (exact) mass is 272 g/mol. The van der Waals surface area contributed by atoms with Gasteiger partial charge in [-0.25, -0.2) is 4.79 Å². The molecule has 0 aliphatic carbocycles. The van der Waals surface area contributed by atoms with Gasteiger partial charge in [0.25, 0.3) is 0 Å². The molecule has 0 fully saturated rings. The molecule has 1 heterocycles. The van der Waals surface area contributed by atoms with E-state index in [9.17, 15) is 4.79 Å². The summed E-state index contributed by atoms with van der Waals surface area (Å²) in [6, 6.07) is 9.00. The Kier molecular flexibility index (Phi) is 4.13. The van der Waals surface area contributed by atoms with Crippen LogP contribution in [0.2, 0.25) is 0 Å². The van der Waals surface area contributed by atoms with Crippen LogP contribution in [0.4, 0.5) is 5.69 Å². The van der Waals surface area contributed by atoms with Crippen molar-refractivity contribution >= 4 is 11.7 Å². The molecule has 1 aromatic carbocycles. The first-order chi connectivity index (χ1) is 9.52. The number of carboxylic acids is 1. The van der Waals surface area contributed by atoms with E-state index >= 15 is 0 Å². The van der Waals surface area contributed by atoms with Crippen LogP contribution in [0.5, 0.6) is 0 Å². The largest absolute Gasteiger partial charge is 0.478 e. The third-order valence-corrected chi connectivity index (χ3v) is 3.61. The van der Waals surface area contributed by atoms with Crippen LogP contribution in [0.3, 0.4) is 0 Å². The minimum atomic E-state index is -0.900. The van der Waals surface area contributed by atoms with Crippen LogP contribution in [0.1, 0.15) is 34.2 Å². The highest BCUT2D eigenvalue weighted by Crippen LogP contribution is 2.17. The second kappa shape index (κ2) is 5.82. The van der Waals surface area contributed by atoms with Crippen LogP contribution in [-0.4, -0.2) is 15.6 Å². The van der Waals surface area contributed by atoms with Gasteiger partial charge in [-0.3, -0.25) is 0 Å². The first-order valence-electron chi connectivity index (χ1n) is 6.75. The van der Waals surface area contributed by atoms with Gasteiger partial charge in [0.05, 0.1) is 5.56 Å². The number of nitrogens with zero attached hydrogens (tertiary/aromatic N) is 1. The van der Waals surface area contributed by atoms with Gasteiger partial charge < -0.3 is 15.0 Å². The quantitative estimate of drug-likeness (QED) is 0.876. The zero-order chi connectivity index (χ0) is 14.7. The number of carbonyl (C=O) groups is 1. The Hall–Kier alpha value is -2.23. The minimum absolute atomic E-state index is 0.305. The van der Waals surface area contributed by atoms with Gasteiger partial charge in [0.15, 0.2) is 0 Å². The second-order valence-electron chi connectivity index (χ2n) is 4.88. The Balaban J connectivity index is 2.07. The van der Waals surface area contributed by atoms with E-state index in [-0.39, 0.29) is 0 Å². The predicted octanol–water partition coefficient (Wildman–Crippen LogP) is 3.44. The van der Waals surface area contributed by atoms with E-state index in [4.69, 9.17) is 5.11 Å². The fourth-order valence-electron chi connectivity index (χ4n) is 2.47. The number of aromatic carboxylic acids is 1. The summed E-state index contributed by atoms with van der Waals surface area (Å²) in [6.07, 6.45) is 0. The lowest BCUT2D eigenvalue weighted by Crippen LogP contribution is -2.03. The molecule has 0 bridgehead atoms. The molecule has 4 heteroatoms. The van der Waals surface area contributed by atoms with Crippen molar-refractivity contribution in [3.05, 3.63) is 52.8 Å². The first kappa shape index (κ1) is 14.2. The molecule has 0 aliphatic rings.